The minimum Gasteiger partial charge on any atom is -0.481 e. The Morgan fingerprint density at radius 3 is 2.56 bits per heavy atom. The molecule has 0 saturated heterocycles. The second-order valence-electron chi connectivity index (χ2n) is 4.01. The van der Waals surface area contributed by atoms with Gasteiger partial charge in [-0.05, 0) is 31.4 Å². The van der Waals surface area contributed by atoms with Crippen LogP contribution in [0.5, 0.6) is 0 Å². The molecule has 100 valence electrons. The lowest BCUT2D eigenvalue weighted by Crippen LogP contribution is -2.25. The summed E-state index contributed by atoms with van der Waals surface area (Å²) in [4.78, 5) is 10.6. The summed E-state index contributed by atoms with van der Waals surface area (Å²) in [5, 5.41) is 8.45. The number of hydrogen-bond acceptors (Lipinski definition) is 3. The van der Waals surface area contributed by atoms with Crippen LogP contribution in [-0.4, -0.2) is 26.0 Å². The summed E-state index contributed by atoms with van der Waals surface area (Å²) in [6, 6.07) is 6.74. The molecule has 0 atom stereocenters. The van der Waals surface area contributed by atoms with Crippen molar-refractivity contribution in [2.45, 2.75) is 31.1 Å². The van der Waals surface area contributed by atoms with Gasteiger partial charge in [0, 0.05) is 13.0 Å². The van der Waals surface area contributed by atoms with Gasteiger partial charge >= 0.3 is 5.97 Å². The number of hydrogen-bond donors (Lipinski definition) is 2. The molecule has 0 spiro atoms. The Labute approximate surface area is 107 Å². The largest absolute Gasteiger partial charge is 0.481 e. The van der Waals surface area contributed by atoms with E-state index in [1.807, 2.05) is 0 Å². The summed E-state index contributed by atoms with van der Waals surface area (Å²) in [7, 11) is -3.49. The quantitative estimate of drug-likeness (QED) is 0.737. The van der Waals surface area contributed by atoms with Crippen LogP contribution in [0.1, 0.15) is 24.8 Å². The predicted octanol–water partition coefficient (Wildman–Crippen LogP) is 1.53. The maximum Gasteiger partial charge on any atom is 0.303 e. The lowest BCUT2D eigenvalue weighted by molar-refractivity contribution is -0.137. The zero-order chi connectivity index (χ0) is 13.6. The van der Waals surface area contributed by atoms with Gasteiger partial charge in [-0.25, -0.2) is 13.1 Å². The number of sulfonamides is 1. The van der Waals surface area contributed by atoms with Crippen LogP contribution in [-0.2, 0) is 14.8 Å². The Balaban J connectivity index is 2.51. The zero-order valence-corrected chi connectivity index (χ0v) is 11.0. The molecule has 0 heterocycles. The number of carboxylic acids is 1. The molecule has 6 heteroatoms. The highest BCUT2D eigenvalue weighted by atomic mass is 32.2. The lowest BCUT2D eigenvalue weighted by Gasteiger charge is -2.08. The first kappa shape index (κ1) is 14.7. The summed E-state index contributed by atoms with van der Waals surface area (Å²) in [5.74, 6) is -0.864. The molecule has 0 unspecified atom stereocenters. The van der Waals surface area contributed by atoms with Gasteiger partial charge in [0.25, 0.3) is 0 Å². The van der Waals surface area contributed by atoms with E-state index in [1.165, 1.54) is 0 Å². The molecule has 2 N–H and O–H groups in total. The van der Waals surface area contributed by atoms with Crippen LogP contribution < -0.4 is 4.72 Å². The van der Waals surface area contributed by atoms with Crippen LogP contribution >= 0.6 is 0 Å². The molecule has 18 heavy (non-hydrogen) atoms. The molecule has 1 aromatic rings. The zero-order valence-electron chi connectivity index (χ0n) is 10.2. The van der Waals surface area contributed by atoms with Crippen molar-refractivity contribution in [3.63, 3.8) is 0 Å². The fraction of sp³-hybridized carbons (Fsp3) is 0.417. The van der Waals surface area contributed by atoms with E-state index in [9.17, 15) is 13.2 Å². The van der Waals surface area contributed by atoms with Crippen molar-refractivity contribution in [3.8, 4) is 0 Å². The number of carbonyl (C=O) groups is 1. The minimum atomic E-state index is -3.49. The highest BCUT2D eigenvalue weighted by Crippen LogP contribution is 2.13. The Hall–Kier alpha value is -1.40. The maximum absolute atomic E-state index is 11.9. The Kier molecular flexibility index (Phi) is 5.30. The van der Waals surface area contributed by atoms with Crippen molar-refractivity contribution >= 4 is 16.0 Å². The normalized spacial score (nSPS) is 11.4. The molecule has 0 fully saturated rings. The van der Waals surface area contributed by atoms with Crippen LogP contribution in [0.15, 0.2) is 29.2 Å². The molecular formula is C12H17NO4S. The first-order valence-corrected chi connectivity index (χ1v) is 7.19. The van der Waals surface area contributed by atoms with Gasteiger partial charge in [0.05, 0.1) is 4.90 Å². The van der Waals surface area contributed by atoms with Crippen LogP contribution in [0, 0.1) is 6.92 Å². The molecule has 0 saturated carbocycles. The second kappa shape index (κ2) is 6.51. The van der Waals surface area contributed by atoms with Crippen molar-refractivity contribution in [1.29, 1.82) is 0 Å². The van der Waals surface area contributed by atoms with E-state index in [-0.39, 0.29) is 17.9 Å². The third-order valence-electron chi connectivity index (χ3n) is 2.49. The standard InChI is InChI=1S/C12H17NO4S/c1-10-6-2-3-7-11(10)18(16,17)13-9-5-4-8-12(14)15/h2-3,6-7,13H,4-5,8-9H2,1H3,(H,14,15). The summed E-state index contributed by atoms with van der Waals surface area (Å²) in [5.41, 5.74) is 0.690. The van der Waals surface area contributed by atoms with Gasteiger partial charge in [-0.15, -0.1) is 0 Å². The van der Waals surface area contributed by atoms with Gasteiger partial charge in [-0.3, -0.25) is 4.79 Å². The highest BCUT2D eigenvalue weighted by molar-refractivity contribution is 7.89. The topological polar surface area (TPSA) is 83.5 Å². The second-order valence-corrected chi connectivity index (χ2v) is 5.75. The third-order valence-corrected chi connectivity index (χ3v) is 4.11. The van der Waals surface area contributed by atoms with Crippen LogP contribution in [0.2, 0.25) is 0 Å². The number of unbranched alkanes of at least 4 members (excludes halogenated alkanes) is 1. The molecule has 1 rings (SSSR count). The molecule has 0 aliphatic carbocycles. The third kappa shape index (κ3) is 4.46. The summed E-state index contributed by atoms with van der Waals surface area (Å²) in [6.45, 7) is 1.99. The van der Waals surface area contributed by atoms with Gasteiger partial charge in [0.15, 0.2) is 0 Å². The van der Waals surface area contributed by atoms with E-state index in [2.05, 4.69) is 4.72 Å². The monoisotopic (exact) mass is 271 g/mol. The molecule has 0 amide bonds. The number of nitrogens with one attached hydrogen (secondary N) is 1. The Bertz CT molecular complexity index is 511. The van der Waals surface area contributed by atoms with E-state index in [0.717, 1.165) is 0 Å². The number of carboxylic acid groups (broad SMARTS) is 1. The fourth-order valence-electron chi connectivity index (χ4n) is 1.54. The first-order valence-electron chi connectivity index (χ1n) is 5.70. The smallest absolute Gasteiger partial charge is 0.303 e. The lowest BCUT2D eigenvalue weighted by atomic mass is 10.2. The van der Waals surface area contributed by atoms with Crippen LogP contribution in [0.25, 0.3) is 0 Å². The van der Waals surface area contributed by atoms with E-state index in [0.29, 0.717) is 18.4 Å². The molecule has 0 bridgehead atoms. The van der Waals surface area contributed by atoms with Crippen molar-refractivity contribution in [3.05, 3.63) is 29.8 Å². The number of aryl methyl sites for hydroxylation is 1. The Morgan fingerprint density at radius 2 is 1.94 bits per heavy atom. The Morgan fingerprint density at radius 1 is 1.28 bits per heavy atom. The van der Waals surface area contributed by atoms with Crippen molar-refractivity contribution in [2.24, 2.45) is 0 Å². The van der Waals surface area contributed by atoms with Gasteiger partial charge in [0.1, 0.15) is 0 Å². The molecule has 5 nitrogen and oxygen atoms in total. The van der Waals surface area contributed by atoms with E-state index < -0.39 is 16.0 Å². The predicted molar refractivity (Wildman–Crippen MR) is 67.9 cm³/mol. The average Bonchev–Trinajstić information content (AvgIpc) is 2.28. The molecule has 0 aliphatic rings. The summed E-state index contributed by atoms with van der Waals surface area (Å²) in [6.07, 6.45) is 1.04. The fourth-order valence-corrected chi connectivity index (χ4v) is 2.86. The summed E-state index contributed by atoms with van der Waals surface area (Å²) < 4.78 is 26.3. The molecule has 0 aliphatic heterocycles. The van der Waals surface area contributed by atoms with Gasteiger partial charge < -0.3 is 5.11 Å². The van der Waals surface area contributed by atoms with Gasteiger partial charge in [-0.2, -0.15) is 0 Å². The van der Waals surface area contributed by atoms with E-state index >= 15 is 0 Å². The van der Waals surface area contributed by atoms with Crippen molar-refractivity contribution in [1.82, 2.24) is 4.72 Å². The average molecular weight is 271 g/mol. The van der Waals surface area contributed by atoms with Crippen LogP contribution in [0.3, 0.4) is 0 Å². The number of rotatable bonds is 7. The van der Waals surface area contributed by atoms with Gasteiger partial charge in [-0.1, -0.05) is 18.2 Å². The number of aliphatic carboxylic acids is 1. The van der Waals surface area contributed by atoms with Gasteiger partial charge in [0.2, 0.25) is 10.0 Å². The SMILES string of the molecule is Cc1ccccc1S(=O)(=O)NCCCCC(=O)O. The highest BCUT2D eigenvalue weighted by Gasteiger charge is 2.14. The first-order chi connectivity index (χ1) is 8.43. The summed E-state index contributed by atoms with van der Waals surface area (Å²) >= 11 is 0. The number of benzene rings is 1. The molecular weight excluding hydrogens is 254 g/mol. The van der Waals surface area contributed by atoms with E-state index in [1.54, 1.807) is 31.2 Å². The van der Waals surface area contributed by atoms with Crippen molar-refractivity contribution < 1.29 is 18.3 Å². The molecule has 0 radical (unpaired) electrons. The minimum absolute atomic E-state index is 0.0616. The maximum atomic E-state index is 11.9. The van der Waals surface area contributed by atoms with E-state index in [4.69, 9.17) is 5.11 Å². The molecule has 0 aromatic heterocycles. The van der Waals surface area contributed by atoms with Crippen LogP contribution in [0.4, 0.5) is 0 Å². The van der Waals surface area contributed by atoms with Crippen molar-refractivity contribution in [2.75, 3.05) is 6.54 Å². The molecule has 1 aromatic carbocycles.